The van der Waals surface area contributed by atoms with E-state index in [4.69, 9.17) is 20.9 Å². The molecular formula is C18H25N3O4. The maximum absolute atomic E-state index is 12.2. The van der Waals surface area contributed by atoms with Crippen molar-refractivity contribution in [2.24, 2.45) is 16.9 Å². The van der Waals surface area contributed by atoms with E-state index >= 15 is 0 Å². The minimum absolute atomic E-state index is 0.00467. The minimum atomic E-state index is -0.880. The average molecular weight is 347 g/mol. The summed E-state index contributed by atoms with van der Waals surface area (Å²) in [6.45, 7) is 1.62. The molecule has 136 valence electrons. The van der Waals surface area contributed by atoms with Gasteiger partial charge in [-0.1, -0.05) is 0 Å². The maximum Gasteiger partial charge on any atom is 0.224 e. The molecule has 2 aliphatic rings. The number of carbonyl (C=O) groups excluding carboxylic acids is 2. The largest absolute Gasteiger partial charge is 0.493 e. The van der Waals surface area contributed by atoms with Crippen LogP contribution >= 0.6 is 0 Å². The van der Waals surface area contributed by atoms with Gasteiger partial charge in [0.05, 0.1) is 19.6 Å². The fourth-order valence-electron chi connectivity index (χ4n) is 4.22. The zero-order valence-corrected chi connectivity index (χ0v) is 14.7. The molecule has 0 saturated carbocycles. The first-order valence-corrected chi connectivity index (χ1v) is 8.47. The number of hydrogen-bond acceptors (Lipinski definition) is 5. The van der Waals surface area contributed by atoms with E-state index in [1.54, 1.807) is 14.2 Å². The standard InChI is InChI=1S/C18H25N3O4/c1-24-14-7-11-3-5-21-6-4-18(17(20)23,10-16(19)22)9-13(21)12(11)8-15(14)25-2/h7-8,13H,3-6,9-10H2,1-2H3,(H2,19,22)(H2,20,23)/t13-,18+/m1/s1. The Balaban J connectivity index is 2.01. The van der Waals surface area contributed by atoms with E-state index in [2.05, 4.69) is 4.90 Å². The van der Waals surface area contributed by atoms with Gasteiger partial charge in [0.25, 0.3) is 0 Å². The fourth-order valence-corrected chi connectivity index (χ4v) is 4.22. The van der Waals surface area contributed by atoms with Gasteiger partial charge in [-0.3, -0.25) is 14.5 Å². The lowest BCUT2D eigenvalue weighted by molar-refractivity contribution is -0.137. The summed E-state index contributed by atoms with van der Waals surface area (Å²) < 4.78 is 10.8. The number of fused-ring (bicyclic) bond motifs is 3. The molecule has 3 rings (SSSR count). The molecule has 0 spiro atoms. The predicted molar refractivity (Wildman–Crippen MR) is 92.2 cm³/mol. The van der Waals surface area contributed by atoms with Crippen LogP contribution in [0.25, 0.3) is 0 Å². The van der Waals surface area contributed by atoms with E-state index in [0.29, 0.717) is 30.9 Å². The molecule has 1 saturated heterocycles. The second-order valence-electron chi connectivity index (χ2n) is 6.95. The lowest BCUT2D eigenvalue weighted by Crippen LogP contribution is -2.51. The highest BCUT2D eigenvalue weighted by Crippen LogP contribution is 2.48. The molecular weight excluding hydrogens is 322 g/mol. The number of methoxy groups -OCH3 is 2. The van der Waals surface area contributed by atoms with Gasteiger partial charge in [0.15, 0.2) is 11.5 Å². The van der Waals surface area contributed by atoms with E-state index in [1.807, 2.05) is 12.1 Å². The van der Waals surface area contributed by atoms with E-state index in [1.165, 1.54) is 5.56 Å². The molecule has 1 fully saturated rings. The van der Waals surface area contributed by atoms with Crippen LogP contribution in [0.1, 0.15) is 36.4 Å². The summed E-state index contributed by atoms with van der Waals surface area (Å²) in [4.78, 5) is 26.0. The third-order valence-electron chi connectivity index (χ3n) is 5.61. The van der Waals surface area contributed by atoms with Crippen LogP contribution in [0.3, 0.4) is 0 Å². The number of rotatable bonds is 5. The molecule has 0 aliphatic carbocycles. The van der Waals surface area contributed by atoms with E-state index in [0.717, 1.165) is 18.5 Å². The molecule has 1 aromatic rings. The number of carbonyl (C=O) groups is 2. The van der Waals surface area contributed by atoms with Gasteiger partial charge in [0, 0.05) is 19.0 Å². The van der Waals surface area contributed by atoms with Crippen LogP contribution in [-0.2, 0) is 16.0 Å². The lowest BCUT2D eigenvalue weighted by atomic mass is 9.69. The van der Waals surface area contributed by atoms with Gasteiger partial charge < -0.3 is 20.9 Å². The third kappa shape index (κ3) is 3.04. The highest BCUT2D eigenvalue weighted by atomic mass is 16.5. The number of hydrogen-bond donors (Lipinski definition) is 2. The van der Waals surface area contributed by atoms with Crippen molar-refractivity contribution >= 4 is 11.8 Å². The topological polar surface area (TPSA) is 108 Å². The Hall–Kier alpha value is -2.28. The quantitative estimate of drug-likeness (QED) is 0.817. The number of benzene rings is 1. The van der Waals surface area contributed by atoms with Crippen LogP contribution in [-0.4, -0.2) is 44.0 Å². The normalized spacial score (nSPS) is 25.6. The third-order valence-corrected chi connectivity index (χ3v) is 5.61. The lowest BCUT2D eigenvalue weighted by Gasteiger charge is -2.47. The maximum atomic E-state index is 12.2. The Labute approximate surface area is 147 Å². The van der Waals surface area contributed by atoms with Crippen LogP contribution in [0.2, 0.25) is 0 Å². The summed E-state index contributed by atoms with van der Waals surface area (Å²) in [5, 5.41) is 0. The Morgan fingerprint density at radius 2 is 1.88 bits per heavy atom. The van der Waals surface area contributed by atoms with Gasteiger partial charge in [0.2, 0.25) is 11.8 Å². The van der Waals surface area contributed by atoms with Crippen LogP contribution < -0.4 is 20.9 Å². The van der Waals surface area contributed by atoms with Crippen molar-refractivity contribution in [3.63, 3.8) is 0 Å². The summed E-state index contributed by atoms with van der Waals surface area (Å²) in [5.74, 6) is 0.422. The zero-order chi connectivity index (χ0) is 18.2. The second kappa shape index (κ2) is 6.55. The van der Waals surface area contributed by atoms with Gasteiger partial charge in [0.1, 0.15) is 0 Å². The van der Waals surface area contributed by atoms with E-state index in [9.17, 15) is 9.59 Å². The first-order valence-electron chi connectivity index (χ1n) is 8.47. The zero-order valence-electron chi connectivity index (χ0n) is 14.7. The summed E-state index contributed by atoms with van der Waals surface area (Å²) in [6.07, 6.45) is 1.96. The number of amides is 2. The molecule has 1 aromatic carbocycles. The average Bonchev–Trinajstić information content (AvgIpc) is 2.59. The van der Waals surface area contributed by atoms with Gasteiger partial charge in [-0.2, -0.15) is 0 Å². The Morgan fingerprint density at radius 3 is 2.48 bits per heavy atom. The smallest absolute Gasteiger partial charge is 0.224 e. The molecule has 2 atom stereocenters. The van der Waals surface area contributed by atoms with Gasteiger partial charge in [-0.15, -0.1) is 0 Å². The Bertz CT molecular complexity index is 706. The SMILES string of the molecule is COc1cc2c(cc1OC)[C@H]1C[C@@](CC(N)=O)(C(N)=O)CCN1CC2. The first-order chi connectivity index (χ1) is 11.9. The molecule has 7 nitrogen and oxygen atoms in total. The number of nitrogens with two attached hydrogens (primary N) is 2. The first kappa shape index (κ1) is 17.5. The number of nitrogens with zero attached hydrogens (tertiary/aromatic N) is 1. The minimum Gasteiger partial charge on any atom is -0.493 e. The van der Waals surface area contributed by atoms with Crippen molar-refractivity contribution in [3.05, 3.63) is 23.3 Å². The molecule has 0 aromatic heterocycles. The summed E-state index contributed by atoms with van der Waals surface area (Å²) in [7, 11) is 3.22. The fraction of sp³-hybridized carbons (Fsp3) is 0.556. The van der Waals surface area contributed by atoms with Crippen LogP contribution in [0, 0.1) is 5.41 Å². The number of ether oxygens (including phenoxy) is 2. The van der Waals surface area contributed by atoms with Crippen molar-refractivity contribution in [3.8, 4) is 11.5 Å². The van der Waals surface area contributed by atoms with Gasteiger partial charge in [-0.25, -0.2) is 0 Å². The van der Waals surface area contributed by atoms with Gasteiger partial charge >= 0.3 is 0 Å². The molecule has 7 heteroatoms. The Morgan fingerprint density at radius 1 is 1.20 bits per heavy atom. The number of primary amides is 2. The van der Waals surface area contributed by atoms with E-state index < -0.39 is 17.2 Å². The molecule has 2 heterocycles. The molecule has 0 bridgehead atoms. The second-order valence-corrected chi connectivity index (χ2v) is 6.95. The monoisotopic (exact) mass is 347 g/mol. The molecule has 0 unspecified atom stereocenters. The van der Waals surface area contributed by atoms with E-state index in [-0.39, 0.29) is 12.5 Å². The Kier molecular flexibility index (Phi) is 4.60. The van der Waals surface area contributed by atoms with Crippen LogP contribution in [0.15, 0.2) is 12.1 Å². The molecule has 2 amide bonds. The molecule has 4 N–H and O–H groups in total. The predicted octanol–water partition coefficient (Wildman–Crippen LogP) is 0.744. The summed E-state index contributed by atoms with van der Waals surface area (Å²) in [6, 6.07) is 4.00. The van der Waals surface area contributed by atoms with Crippen molar-refractivity contribution in [2.75, 3.05) is 27.3 Å². The highest BCUT2D eigenvalue weighted by molar-refractivity contribution is 5.87. The van der Waals surface area contributed by atoms with Gasteiger partial charge in [-0.05, 0) is 49.1 Å². The molecule has 2 aliphatic heterocycles. The molecule has 25 heavy (non-hydrogen) atoms. The van der Waals surface area contributed by atoms with Crippen molar-refractivity contribution in [2.45, 2.75) is 31.7 Å². The van der Waals surface area contributed by atoms with Crippen molar-refractivity contribution in [1.82, 2.24) is 4.90 Å². The highest BCUT2D eigenvalue weighted by Gasteiger charge is 2.47. The summed E-state index contributed by atoms with van der Waals surface area (Å²) in [5.41, 5.74) is 12.5. The summed E-state index contributed by atoms with van der Waals surface area (Å²) >= 11 is 0. The van der Waals surface area contributed by atoms with Crippen LogP contribution in [0.5, 0.6) is 11.5 Å². The molecule has 0 radical (unpaired) electrons. The van der Waals surface area contributed by atoms with Crippen molar-refractivity contribution < 1.29 is 19.1 Å². The number of piperidine rings is 1. The van der Waals surface area contributed by atoms with Crippen LogP contribution in [0.4, 0.5) is 0 Å². The van der Waals surface area contributed by atoms with Crippen molar-refractivity contribution in [1.29, 1.82) is 0 Å².